The molecule has 178 valence electrons. The van der Waals surface area contributed by atoms with Crippen LogP contribution in [0.1, 0.15) is 19.4 Å². The van der Waals surface area contributed by atoms with Crippen molar-refractivity contribution in [2.45, 2.75) is 38.6 Å². The number of benzene rings is 3. The number of para-hydroxylation sites is 2. The van der Waals surface area contributed by atoms with E-state index in [-0.39, 0.29) is 18.4 Å². The second-order valence-electron chi connectivity index (χ2n) is 8.29. The number of likely N-dealkylation sites (N-methyl/N-ethyl adjacent to an activating group) is 1. The number of halogens is 1. The first-order chi connectivity index (χ1) is 16.3. The second kappa shape index (κ2) is 10.0. The van der Waals surface area contributed by atoms with Gasteiger partial charge in [-0.15, -0.1) is 0 Å². The molecule has 1 heterocycles. The Balaban J connectivity index is 1.81. The Kier molecular flexibility index (Phi) is 7.09. The van der Waals surface area contributed by atoms with Crippen molar-refractivity contribution in [3.8, 4) is 11.5 Å². The van der Waals surface area contributed by atoms with Gasteiger partial charge in [0.1, 0.15) is 23.6 Å². The lowest BCUT2D eigenvalue weighted by Gasteiger charge is -2.28. The maximum absolute atomic E-state index is 13.9. The summed E-state index contributed by atoms with van der Waals surface area (Å²) in [6.07, 6.45) is -0.560. The molecule has 0 saturated heterocycles. The summed E-state index contributed by atoms with van der Waals surface area (Å²) in [5.41, 5.74) is 1.51. The van der Waals surface area contributed by atoms with Crippen molar-refractivity contribution in [3.05, 3.63) is 64.6 Å². The maximum Gasteiger partial charge on any atom is 0.253 e. The Morgan fingerprint density at radius 3 is 2.65 bits per heavy atom. The molecule has 0 radical (unpaired) electrons. The molecule has 1 aliphatic heterocycles. The van der Waals surface area contributed by atoms with E-state index < -0.39 is 18.2 Å². The lowest BCUT2D eigenvalue weighted by Crippen LogP contribution is -2.56. The minimum absolute atomic E-state index is 0.247. The van der Waals surface area contributed by atoms with E-state index in [1.165, 1.54) is 0 Å². The third kappa shape index (κ3) is 4.48. The number of amides is 2. The number of nitrogens with zero attached hydrogens (tertiary/aromatic N) is 1. The Morgan fingerprint density at radius 2 is 1.91 bits per heavy atom. The van der Waals surface area contributed by atoms with Gasteiger partial charge in [-0.05, 0) is 62.0 Å². The van der Waals surface area contributed by atoms with Crippen LogP contribution in [0.2, 0.25) is 0 Å². The monoisotopic (exact) mass is 525 g/mol. The summed E-state index contributed by atoms with van der Waals surface area (Å²) in [6.45, 7) is 3.78. The molecule has 0 aliphatic carbocycles. The van der Waals surface area contributed by atoms with Crippen molar-refractivity contribution in [2.24, 2.45) is 0 Å². The van der Waals surface area contributed by atoms with Gasteiger partial charge < -0.3 is 25.0 Å². The van der Waals surface area contributed by atoms with E-state index in [0.29, 0.717) is 17.2 Å². The highest BCUT2D eigenvalue weighted by Gasteiger charge is 2.38. The molecule has 3 atom stereocenters. The summed E-state index contributed by atoms with van der Waals surface area (Å²) in [7, 11) is 3.32. The molecule has 7 nitrogen and oxygen atoms in total. The summed E-state index contributed by atoms with van der Waals surface area (Å²) in [5.74, 6) is 0.748. The molecular weight excluding hydrogens is 498 g/mol. The first kappa shape index (κ1) is 24.0. The highest BCUT2D eigenvalue weighted by atomic mass is 79.9. The van der Waals surface area contributed by atoms with Gasteiger partial charge in [-0.2, -0.15) is 0 Å². The number of fused-ring (bicyclic) bond motifs is 2. The lowest BCUT2D eigenvalue weighted by atomic mass is 10.0. The number of anilines is 1. The van der Waals surface area contributed by atoms with Gasteiger partial charge in [0.25, 0.3) is 5.91 Å². The van der Waals surface area contributed by atoms with Crippen LogP contribution in [0.25, 0.3) is 10.8 Å². The average molecular weight is 526 g/mol. The minimum atomic E-state index is -0.858. The van der Waals surface area contributed by atoms with Gasteiger partial charge in [-0.25, -0.2) is 0 Å². The van der Waals surface area contributed by atoms with Crippen LogP contribution in [0.4, 0.5) is 5.69 Å². The lowest BCUT2D eigenvalue weighted by molar-refractivity contribution is -0.130. The topological polar surface area (TPSA) is 79.9 Å². The SMILES string of the molecule is CN[C@@H](C)C(=O)N[C@@H]1C(=O)N(Cc2c(OC)ccc3c(Br)cccc23)c2ccccc2O[C@H]1C. The highest BCUT2D eigenvalue weighted by molar-refractivity contribution is 9.10. The fourth-order valence-corrected chi connectivity index (χ4v) is 4.66. The third-order valence-corrected chi connectivity index (χ3v) is 6.90. The zero-order valence-corrected chi connectivity index (χ0v) is 21.2. The van der Waals surface area contributed by atoms with Gasteiger partial charge in [0, 0.05) is 10.0 Å². The van der Waals surface area contributed by atoms with Crippen LogP contribution in [-0.4, -0.2) is 44.2 Å². The van der Waals surface area contributed by atoms with Crippen LogP contribution in [-0.2, 0) is 16.1 Å². The smallest absolute Gasteiger partial charge is 0.253 e. The summed E-state index contributed by atoms with van der Waals surface area (Å²) in [6, 6.07) is 16.0. The molecule has 2 N–H and O–H groups in total. The maximum atomic E-state index is 13.9. The Hall–Kier alpha value is -3.10. The van der Waals surface area contributed by atoms with Gasteiger partial charge in [-0.1, -0.05) is 40.2 Å². The standard InChI is InChI=1S/C26H28BrN3O4/c1-15(28-3)25(31)29-24-16(2)34-23-11-6-5-10-21(23)30(26(24)32)14-19-17-8-7-9-20(27)18(17)12-13-22(19)33-4/h5-13,15-16,24,28H,14H2,1-4H3,(H,29,31)/t15-,16-,24-/m0/s1. The Bertz CT molecular complexity index is 1230. The first-order valence-electron chi connectivity index (χ1n) is 11.1. The third-order valence-electron chi connectivity index (χ3n) is 6.21. The molecule has 8 heteroatoms. The molecule has 0 bridgehead atoms. The van der Waals surface area contributed by atoms with Crippen LogP contribution in [0.3, 0.4) is 0 Å². The van der Waals surface area contributed by atoms with Gasteiger partial charge in [0.15, 0.2) is 0 Å². The molecule has 2 amide bonds. The number of hydrogen-bond acceptors (Lipinski definition) is 5. The highest BCUT2D eigenvalue weighted by Crippen LogP contribution is 2.38. The van der Waals surface area contributed by atoms with Crippen molar-refractivity contribution in [1.29, 1.82) is 0 Å². The number of carbonyl (C=O) groups is 2. The normalized spacial score (nSPS) is 18.6. The number of nitrogens with one attached hydrogen (secondary N) is 2. The Morgan fingerprint density at radius 1 is 1.15 bits per heavy atom. The molecule has 0 unspecified atom stereocenters. The molecule has 3 aromatic carbocycles. The molecule has 0 aromatic heterocycles. The second-order valence-corrected chi connectivity index (χ2v) is 9.15. The van der Waals surface area contributed by atoms with Crippen LogP contribution in [0.15, 0.2) is 59.1 Å². The number of methoxy groups -OCH3 is 1. The van der Waals surface area contributed by atoms with E-state index >= 15 is 0 Å². The number of rotatable bonds is 6. The molecule has 0 fully saturated rings. The number of carbonyl (C=O) groups excluding carboxylic acids is 2. The van der Waals surface area contributed by atoms with Crippen molar-refractivity contribution in [1.82, 2.24) is 10.6 Å². The largest absolute Gasteiger partial charge is 0.496 e. The minimum Gasteiger partial charge on any atom is -0.496 e. The van der Waals surface area contributed by atoms with Crippen LogP contribution < -0.4 is 25.0 Å². The molecule has 1 aliphatic rings. The summed E-state index contributed by atoms with van der Waals surface area (Å²) < 4.78 is 12.8. The predicted molar refractivity (Wildman–Crippen MR) is 136 cm³/mol. The Labute approximate surface area is 207 Å². The molecular formula is C26H28BrN3O4. The fraction of sp³-hybridized carbons (Fsp3) is 0.308. The van der Waals surface area contributed by atoms with E-state index in [1.807, 2.05) is 54.6 Å². The number of ether oxygens (including phenoxy) is 2. The molecule has 3 aromatic rings. The molecule has 34 heavy (non-hydrogen) atoms. The molecule has 4 rings (SSSR count). The van der Waals surface area contributed by atoms with Gasteiger partial charge in [0.2, 0.25) is 5.91 Å². The van der Waals surface area contributed by atoms with Gasteiger partial charge in [-0.3, -0.25) is 9.59 Å². The summed E-state index contributed by atoms with van der Waals surface area (Å²) in [5, 5.41) is 7.78. The molecule has 0 saturated carbocycles. The first-order valence-corrected chi connectivity index (χ1v) is 11.9. The van der Waals surface area contributed by atoms with Gasteiger partial charge in [0.05, 0.1) is 25.4 Å². The fourth-order valence-electron chi connectivity index (χ4n) is 4.16. The van der Waals surface area contributed by atoms with Crippen molar-refractivity contribution < 1.29 is 19.1 Å². The van der Waals surface area contributed by atoms with Crippen LogP contribution in [0, 0.1) is 0 Å². The zero-order valence-electron chi connectivity index (χ0n) is 19.6. The van der Waals surface area contributed by atoms with Gasteiger partial charge >= 0.3 is 0 Å². The van der Waals surface area contributed by atoms with E-state index in [0.717, 1.165) is 20.8 Å². The van der Waals surface area contributed by atoms with Crippen LogP contribution >= 0.6 is 15.9 Å². The predicted octanol–water partition coefficient (Wildman–Crippen LogP) is 4.02. The summed E-state index contributed by atoms with van der Waals surface area (Å²) in [4.78, 5) is 28.3. The van der Waals surface area contributed by atoms with Crippen molar-refractivity contribution in [2.75, 3.05) is 19.1 Å². The zero-order chi connectivity index (χ0) is 24.4. The van der Waals surface area contributed by atoms with E-state index in [2.05, 4.69) is 26.6 Å². The molecule has 0 spiro atoms. The van der Waals surface area contributed by atoms with E-state index in [4.69, 9.17) is 9.47 Å². The quantitative estimate of drug-likeness (QED) is 0.508. The van der Waals surface area contributed by atoms with Crippen molar-refractivity contribution in [3.63, 3.8) is 0 Å². The van der Waals surface area contributed by atoms with Crippen LogP contribution in [0.5, 0.6) is 11.5 Å². The van der Waals surface area contributed by atoms with Crippen molar-refractivity contribution >= 4 is 44.2 Å². The van der Waals surface area contributed by atoms with E-state index in [1.54, 1.807) is 32.9 Å². The van der Waals surface area contributed by atoms with E-state index in [9.17, 15) is 9.59 Å². The summed E-state index contributed by atoms with van der Waals surface area (Å²) >= 11 is 3.62. The average Bonchev–Trinajstić information content (AvgIpc) is 2.94. The number of hydrogen-bond donors (Lipinski definition) is 2.